The van der Waals surface area contributed by atoms with Gasteiger partial charge < -0.3 is 10.6 Å². The van der Waals surface area contributed by atoms with E-state index in [1.54, 1.807) is 49.5 Å². The number of carbonyl (C=O) groups excluding carboxylic acids is 2. The number of anilines is 1. The van der Waals surface area contributed by atoms with Crippen molar-refractivity contribution in [3.8, 4) is 0 Å². The molecule has 1 amide bonds. The van der Waals surface area contributed by atoms with Gasteiger partial charge in [-0.15, -0.1) is 0 Å². The molecule has 25 heavy (non-hydrogen) atoms. The smallest absolute Gasteiger partial charge is 0.252 e. The lowest BCUT2D eigenvalue weighted by molar-refractivity contribution is -0.114. The molecule has 0 fully saturated rings. The standard InChI is InChI=1S/C20H19N3O2/c1-14(18(24)15-9-5-3-6-10-15)13-17(20(22)25)19(21)23(2)16-11-7-4-8-12-16/h3-13,21H,1H2,2H3,(H2,22,25)/b17-13+,21-19?. The van der Waals surface area contributed by atoms with Crippen LogP contribution < -0.4 is 10.6 Å². The van der Waals surface area contributed by atoms with Crippen LogP contribution in [0.5, 0.6) is 0 Å². The summed E-state index contributed by atoms with van der Waals surface area (Å²) in [4.78, 5) is 25.7. The summed E-state index contributed by atoms with van der Waals surface area (Å²) in [7, 11) is 1.65. The highest BCUT2D eigenvalue weighted by atomic mass is 16.1. The number of benzene rings is 2. The first-order chi connectivity index (χ1) is 11.9. The van der Waals surface area contributed by atoms with E-state index < -0.39 is 5.91 Å². The van der Waals surface area contributed by atoms with Crippen molar-refractivity contribution in [3.63, 3.8) is 0 Å². The lowest BCUT2D eigenvalue weighted by Crippen LogP contribution is -2.33. The molecule has 2 aromatic rings. The van der Waals surface area contributed by atoms with E-state index in [1.807, 2.05) is 18.2 Å². The summed E-state index contributed by atoms with van der Waals surface area (Å²) >= 11 is 0. The van der Waals surface area contributed by atoms with E-state index in [1.165, 1.54) is 11.0 Å². The lowest BCUT2D eigenvalue weighted by Gasteiger charge is -2.21. The zero-order chi connectivity index (χ0) is 18.4. The first-order valence-corrected chi connectivity index (χ1v) is 7.59. The quantitative estimate of drug-likeness (QED) is 0.280. The highest BCUT2D eigenvalue weighted by Crippen LogP contribution is 2.16. The molecule has 0 saturated heterocycles. The number of ketones is 1. The van der Waals surface area contributed by atoms with Crippen LogP contribution in [0.15, 0.2) is 84.5 Å². The second kappa shape index (κ2) is 7.88. The maximum absolute atomic E-state index is 12.4. The van der Waals surface area contributed by atoms with Crippen LogP contribution in [0.1, 0.15) is 10.4 Å². The summed E-state index contributed by atoms with van der Waals surface area (Å²) in [5.74, 6) is -1.23. The van der Waals surface area contributed by atoms with Gasteiger partial charge in [0, 0.05) is 23.9 Å². The van der Waals surface area contributed by atoms with E-state index in [0.717, 1.165) is 5.69 Å². The molecule has 0 aliphatic rings. The molecule has 2 aromatic carbocycles. The number of nitrogens with two attached hydrogens (primary N) is 1. The van der Waals surface area contributed by atoms with Crippen molar-refractivity contribution in [2.45, 2.75) is 0 Å². The number of hydrogen-bond donors (Lipinski definition) is 2. The van der Waals surface area contributed by atoms with Gasteiger partial charge in [-0.2, -0.15) is 0 Å². The van der Waals surface area contributed by atoms with Gasteiger partial charge in [0.2, 0.25) is 0 Å². The minimum atomic E-state index is -0.796. The Labute approximate surface area is 146 Å². The molecule has 3 N–H and O–H groups in total. The number of hydrogen-bond acceptors (Lipinski definition) is 3. The van der Waals surface area contributed by atoms with Crippen molar-refractivity contribution in [1.29, 1.82) is 5.41 Å². The SMILES string of the molecule is C=C(/C=C(\C(=N)N(C)c1ccccc1)C(N)=O)C(=O)c1ccccc1. The first-order valence-electron chi connectivity index (χ1n) is 7.59. The van der Waals surface area contributed by atoms with Crippen LogP contribution in [0.2, 0.25) is 0 Å². The molecular formula is C20H19N3O2. The number of para-hydroxylation sites is 1. The van der Waals surface area contributed by atoms with Gasteiger partial charge in [0.25, 0.3) is 5.91 Å². The van der Waals surface area contributed by atoms with Crippen LogP contribution in [-0.4, -0.2) is 24.6 Å². The molecule has 2 rings (SSSR count). The molecule has 0 spiro atoms. The second-order valence-electron chi connectivity index (χ2n) is 5.39. The molecule has 0 aliphatic carbocycles. The number of likely N-dealkylation sites (N-methyl/N-ethyl adjacent to an activating group) is 1. The topological polar surface area (TPSA) is 87.2 Å². The largest absolute Gasteiger partial charge is 0.365 e. The van der Waals surface area contributed by atoms with Crippen LogP contribution in [0.4, 0.5) is 5.69 Å². The number of rotatable bonds is 6. The molecule has 0 bridgehead atoms. The summed E-state index contributed by atoms with van der Waals surface area (Å²) in [5.41, 5.74) is 6.60. The molecule has 0 unspecified atom stereocenters. The predicted molar refractivity (Wildman–Crippen MR) is 99.8 cm³/mol. The molecule has 0 heterocycles. The highest BCUT2D eigenvalue weighted by molar-refractivity contribution is 6.25. The molecule has 126 valence electrons. The molecule has 0 aromatic heterocycles. The Kier molecular flexibility index (Phi) is 5.63. The fourth-order valence-electron chi connectivity index (χ4n) is 2.23. The van der Waals surface area contributed by atoms with Gasteiger partial charge in [-0.3, -0.25) is 15.0 Å². The third-order valence-corrected chi connectivity index (χ3v) is 3.65. The highest BCUT2D eigenvalue weighted by Gasteiger charge is 2.19. The monoisotopic (exact) mass is 333 g/mol. The van der Waals surface area contributed by atoms with Gasteiger partial charge in [-0.1, -0.05) is 55.1 Å². The summed E-state index contributed by atoms with van der Waals surface area (Å²) in [6.07, 6.45) is 1.26. The van der Waals surface area contributed by atoms with E-state index in [2.05, 4.69) is 6.58 Å². The van der Waals surface area contributed by atoms with E-state index in [-0.39, 0.29) is 22.8 Å². The number of primary amides is 1. The van der Waals surface area contributed by atoms with Crippen molar-refractivity contribution < 1.29 is 9.59 Å². The zero-order valence-corrected chi connectivity index (χ0v) is 13.9. The minimum absolute atomic E-state index is 0.0827. The Hall–Kier alpha value is -3.47. The Morgan fingerprint density at radius 2 is 1.56 bits per heavy atom. The number of nitrogens with zero attached hydrogens (tertiary/aromatic N) is 1. The van der Waals surface area contributed by atoms with Crippen molar-refractivity contribution in [3.05, 3.63) is 90.0 Å². The van der Waals surface area contributed by atoms with Crippen molar-refractivity contribution >= 4 is 23.2 Å². The molecule has 0 saturated carbocycles. The van der Waals surface area contributed by atoms with E-state index in [9.17, 15) is 9.59 Å². The van der Waals surface area contributed by atoms with Crippen molar-refractivity contribution in [2.24, 2.45) is 5.73 Å². The Morgan fingerprint density at radius 1 is 1.04 bits per heavy atom. The molecule has 5 heteroatoms. The van der Waals surface area contributed by atoms with Gasteiger partial charge in [-0.25, -0.2) is 0 Å². The first kappa shape index (κ1) is 17.9. The predicted octanol–water partition coefficient (Wildman–Crippen LogP) is 2.95. The van der Waals surface area contributed by atoms with Crippen LogP contribution in [0, 0.1) is 5.41 Å². The minimum Gasteiger partial charge on any atom is -0.365 e. The second-order valence-corrected chi connectivity index (χ2v) is 5.39. The lowest BCUT2D eigenvalue weighted by atomic mass is 10.0. The summed E-state index contributed by atoms with van der Waals surface area (Å²) in [6, 6.07) is 17.7. The Morgan fingerprint density at radius 3 is 2.08 bits per heavy atom. The number of carbonyl (C=O) groups is 2. The molecular weight excluding hydrogens is 314 g/mol. The third-order valence-electron chi connectivity index (χ3n) is 3.65. The molecule has 0 atom stereocenters. The summed E-state index contributed by atoms with van der Waals surface area (Å²) in [6.45, 7) is 3.72. The van der Waals surface area contributed by atoms with Crippen molar-refractivity contribution in [2.75, 3.05) is 11.9 Å². The Balaban J connectivity index is 2.29. The van der Waals surface area contributed by atoms with Gasteiger partial charge in [0.1, 0.15) is 5.84 Å². The summed E-state index contributed by atoms with van der Waals surface area (Å²) < 4.78 is 0. The van der Waals surface area contributed by atoms with Gasteiger partial charge >= 0.3 is 0 Å². The van der Waals surface area contributed by atoms with Crippen LogP contribution in [-0.2, 0) is 4.79 Å². The normalized spacial score (nSPS) is 10.8. The molecule has 0 aliphatic heterocycles. The average Bonchev–Trinajstić information content (AvgIpc) is 2.65. The van der Waals surface area contributed by atoms with E-state index >= 15 is 0 Å². The van der Waals surface area contributed by atoms with E-state index in [0.29, 0.717) is 5.56 Å². The number of nitrogens with one attached hydrogen (secondary N) is 1. The fourth-order valence-corrected chi connectivity index (χ4v) is 2.23. The zero-order valence-electron chi connectivity index (χ0n) is 13.9. The average molecular weight is 333 g/mol. The Bertz CT molecular complexity index is 840. The number of amidine groups is 1. The van der Waals surface area contributed by atoms with Crippen LogP contribution in [0.25, 0.3) is 0 Å². The number of allylic oxidation sites excluding steroid dienone is 2. The third kappa shape index (κ3) is 4.29. The van der Waals surface area contributed by atoms with Gasteiger partial charge in [0.15, 0.2) is 5.78 Å². The number of Topliss-reactive ketones (excluding diaryl/α,β-unsaturated/α-hetero) is 1. The molecule has 5 nitrogen and oxygen atoms in total. The van der Waals surface area contributed by atoms with Gasteiger partial charge in [-0.05, 0) is 18.2 Å². The maximum Gasteiger partial charge on any atom is 0.252 e. The van der Waals surface area contributed by atoms with Crippen LogP contribution >= 0.6 is 0 Å². The summed E-state index contributed by atoms with van der Waals surface area (Å²) in [5, 5.41) is 8.26. The van der Waals surface area contributed by atoms with E-state index in [4.69, 9.17) is 11.1 Å². The maximum atomic E-state index is 12.4. The van der Waals surface area contributed by atoms with Crippen molar-refractivity contribution in [1.82, 2.24) is 0 Å². The van der Waals surface area contributed by atoms with Crippen LogP contribution in [0.3, 0.4) is 0 Å². The molecule has 0 radical (unpaired) electrons. The fraction of sp³-hybridized carbons (Fsp3) is 0.0500. The number of amides is 1. The van der Waals surface area contributed by atoms with Gasteiger partial charge in [0.05, 0.1) is 5.57 Å².